The minimum atomic E-state index is -0.0771. The highest BCUT2D eigenvalue weighted by Crippen LogP contribution is 2.21. The molecule has 0 aliphatic rings. The molecule has 0 fully saturated rings. The lowest BCUT2D eigenvalue weighted by Crippen LogP contribution is -2.32. The van der Waals surface area contributed by atoms with Gasteiger partial charge in [-0.05, 0) is 44.9 Å². The maximum absolute atomic E-state index is 5.85. The molecular weight excluding hydrogens is 224 g/mol. The van der Waals surface area contributed by atoms with Gasteiger partial charge >= 0.3 is 0 Å². The second-order valence-electron chi connectivity index (χ2n) is 5.30. The summed E-state index contributed by atoms with van der Waals surface area (Å²) in [6.07, 6.45) is 2.13. The fraction of sp³-hybridized carbons (Fsp3) is 0.600. The molecule has 0 bridgehead atoms. The fourth-order valence-electron chi connectivity index (χ4n) is 1.87. The second-order valence-corrected chi connectivity index (χ2v) is 5.30. The van der Waals surface area contributed by atoms with Crippen molar-refractivity contribution >= 4 is 11.4 Å². The van der Waals surface area contributed by atoms with Crippen molar-refractivity contribution in [3.63, 3.8) is 0 Å². The van der Waals surface area contributed by atoms with Gasteiger partial charge in [0.05, 0.1) is 5.60 Å². The summed E-state index contributed by atoms with van der Waals surface area (Å²) < 4.78 is 5.47. The number of hydrogen-bond donors (Lipinski definition) is 1. The van der Waals surface area contributed by atoms with E-state index in [0.717, 1.165) is 31.6 Å². The van der Waals surface area contributed by atoms with Crippen LogP contribution in [0, 0.1) is 0 Å². The molecule has 3 heteroatoms. The summed E-state index contributed by atoms with van der Waals surface area (Å²) in [5, 5.41) is 0. The molecule has 1 aromatic rings. The predicted octanol–water partition coefficient (Wildman–Crippen LogP) is 3.30. The zero-order chi connectivity index (χ0) is 13.6. The average Bonchev–Trinajstić information content (AvgIpc) is 2.34. The largest absolute Gasteiger partial charge is 0.399 e. The number of anilines is 2. The Hall–Kier alpha value is -1.22. The molecule has 0 radical (unpaired) electrons. The molecule has 0 heterocycles. The molecule has 1 aromatic carbocycles. The summed E-state index contributed by atoms with van der Waals surface area (Å²) in [4.78, 5) is 2.37. The highest BCUT2D eigenvalue weighted by atomic mass is 16.5. The first-order chi connectivity index (χ1) is 8.48. The maximum atomic E-state index is 5.85. The molecule has 0 saturated heterocycles. The predicted molar refractivity (Wildman–Crippen MR) is 79.1 cm³/mol. The van der Waals surface area contributed by atoms with Gasteiger partial charge in [0.15, 0.2) is 0 Å². The third-order valence-corrected chi connectivity index (χ3v) is 3.27. The van der Waals surface area contributed by atoms with Crippen LogP contribution in [0.1, 0.15) is 33.6 Å². The molecular formula is C15H26N2O. The van der Waals surface area contributed by atoms with Gasteiger partial charge in [-0.25, -0.2) is 0 Å². The molecule has 0 aliphatic carbocycles. The maximum Gasteiger partial charge on any atom is 0.0639 e. The van der Waals surface area contributed by atoms with Gasteiger partial charge in [-0.15, -0.1) is 0 Å². The van der Waals surface area contributed by atoms with Gasteiger partial charge in [0.25, 0.3) is 0 Å². The van der Waals surface area contributed by atoms with Crippen LogP contribution in [-0.4, -0.2) is 25.8 Å². The van der Waals surface area contributed by atoms with E-state index in [9.17, 15) is 0 Å². The molecule has 0 unspecified atom stereocenters. The minimum Gasteiger partial charge on any atom is -0.399 e. The van der Waals surface area contributed by atoms with Gasteiger partial charge in [-0.3, -0.25) is 0 Å². The molecule has 0 atom stereocenters. The summed E-state index contributed by atoms with van der Waals surface area (Å²) in [5.41, 5.74) is 7.79. The number of ether oxygens (including phenoxy) is 1. The molecule has 1 rings (SSSR count). The topological polar surface area (TPSA) is 38.5 Å². The summed E-state index contributed by atoms with van der Waals surface area (Å²) in [5.74, 6) is 0. The van der Waals surface area contributed by atoms with Crippen molar-refractivity contribution in [1.82, 2.24) is 0 Å². The van der Waals surface area contributed by atoms with Crippen LogP contribution >= 0.6 is 0 Å². The number of rotatable bonds is 7. The average molecular weight is 250 g/mol. The van der Waals surface area contributed by atoms with E-state index in [-0.39, 0.29) is 5.60 Å². The Kier molecular flexibility index (Phi) is 5.48. The molecule has 2 N–H and O–H groups in total. The first kappa shape index (κ1) is 14.8. The lowest BCUT2D eigenvalue weighted by atomic mass is 10.0. The summed E-state index contributed by atoms with van der Waals surface area (Å²) in [6, 6.07) is 8.09. The van der Waals surface area contributed by atoms with Crippen LogP contribution in [0.3, 0.4) is 0 Å². The number of benzene rings is 1. The third kappa shape index (κ3) is 4.57. The minimum absolute atomic E-state index is 0.0771. The fourth-order valence-corrected chi connectivity index (χ4v) is 1.87. The number of nitrogens with two attached hydrogens (primary N) is 1. The van der Waals surface area contributed by atoms with Gasteiger partial charge < -0.3 is 15.4 Å². The van der Waals surface area contributed by atoms with Crippen LogP contribution in [0.25, 0.3) is 0 Å². The van der Waals surface area contributed by atoms with Crippen LogP contribution in [-0.2, 0) is 4.74 Å². The molecule has 0 saturated carbocycles. The number of methoxy groups -OCH3 is 1. The summed E-state index contributed by atoms with van der Waals surface area (Å²) >= 11 is 0. The van der Waals surface area contributed by atoms with E-state index in [1.165, 1.54) is 5.69 Å². The van der Waals surface area contributed by atoms with Gasteiger partial charge in [-0.2, -0.15) is 0 Å². The molecule has 102 valence electrons. The molecule has 0 spiro atoms. The molecule has 0 amide bonds. The first-order valence-corrected chi connectivity index (χ1v) is 6.64. The van der Waals surface area contributed by atoms with E-state index in [2.05, 4.69) is 31.7 Å². The lowest BCUT2D eigenvalue weighted by Gasteiger charge is -2.30. The van der Waals surface area contributed by atoms with Crippen LogP contribution in [0.4, 0.5) is 11.4 Å². The smallest absolute Gasteiger partial charge is 0.0639 e. The quantitative estimate of drug-likeness (QED) is 0.755. The molecule has 3 nitrogen and oxygen atoms in total. The monoisotopic (exact) mass is 250 g/mol. The van der Waals surface area contributed by atoms with Crippen molar-refractivity contribution < 1.29 is 4.74 Å². The number of hydrogen-bond acceptors (Lipinski definition) is 3. The zero-order valence-electron chi connectivity index (χ0n) is 12.1. The number of nitrogens with zero attached hydrogens (tertiary/aromatic N) is 1. The van der Waals surface area contributed by atoms with Crippen LogP contribution in [0.15, 0.2) is 24.3 Å². The van der Waals surface area contributed by atoms with E-state index in [0.29, 0.717) is 0 Å². The Morgan fingerprint density at radius 1 is 1.28 bits per heavy atom. The van der Waals surface area contributed by atoms with E-state index in [1.54, 1.807) is 7.11 Å². The third-order valence-electron chi connectivity index (χ3n) is 3.27. The highest BCUT2D eigenvalue weighted by molar-refractivity contribution is 5.55. The Bertz CT molecular complexity index is 363. The number of nitrogen functional groups attached to an aromatic ring is 1. The highest BCUT2D eigenvalue weighted by Gasteiger charge is 2.18. The molecule has 0 aliphatic heterocycles. The first-order valence-electron chi connectivity index (χ1n) is 6.64. The van der Waals surface area contributed by atoms with E-state index in [4.69, 9.17) is 10.5 Å². The molecule has 0 aromatic heterocycles. The van der Waals surface area contributed by atoms with Crippen molar-refractivity contribution in [1.29, 1.82) is 0 Å². The van der Waals surface area contributed by atoms with Crippen molar-refractivity contribution in [2.24, 2.45) is 0 Å². The molecule has 18 heavy (non-hydrogen) atoms. The van der Waals surface area contributed by atoms with E-state index < -0.39 is 0 Å². The van der Waals surface area contributed by atoms with Crippen LogP contribution in [0.2, 0.25) is 0 Å². The van der Waals surface area contributed by atoms with E-state index in [1.807, 2.05) is 18.2 Å². The summed E-state index contributed by atoms with van der Waals surface area (Å²) in [7, 11) is 1.77. The Morgan fingerprint density at radius 2 is 2.00 bits per heavy atom. The van der Waals surface area contributed by atoms with Crippen LogP contribution < -0.4 is 10.6 Å². The normalized spacial score (nSPS) is 11.6. The van der Waals surface area contributed by atoms with Crippen molar-refractivity contribution in [3.05, 3.63) is 24.3 Å². The Labute approximate surface area is 111 Å². The lowest BCUT2D eigenvalue weighted by molar-refractivity contribution is 0.0172. The second kappa shape index (κ2) is 6.64. The van der Waals surface area contributed by atoms with E-state index >= 15 is 0 Å². The van der Waals surface area contributed by atoms with Crippen LogP contribution in [0.5, 0.6) is 0 Å². The van der Waals surface area contributed by atoms with Crippen molar-refractivity contribution in [2.75, 3.05) is 30.8 Å². The Balaban J connectivity index is 2.71. The van der Waals surface area contributed by atoms with Gasteiger partial charge in [-0.1, -0.05) is 13.0 Å². The van der Waals surface area contributed by atoms with Crippen molar-refractivity contribution in [2.45, 2.75) is 39.2 Å². The standard InChI is InChI=1S/C15H26N2O/c1-5-10-17(11-9-15(2,3)18-4)14-8-6-7-13(16)12-14/h6-8,12H,5,9-11,16H2,1-4H3. The summed E-state index contributed by atoms with van der Waals surface area (Å²) in [6.45, 7) is 8.47. The van der Waals surface area contributed by atoms with Gasteiger partial charge in [0, 0.05) is 31.6 Å². The van der Waals surface area contributed by atoms with Gasteiger partial charge in [0.1, 0.15) is 0 Å². The van der Waals surface area contributed by atoms with Crippen molar-refractivity contribution in [3.8, 4) is 0 Å². The zero-order valence-corrected chi connectivity index (χ0v) is 12.1. The van der Waals surface area contributed by atoms with Gasteiger partial charge in [0.2, 0.25) is 0 Å². The SMILES string of the molecule is CCCN(CCC(C)(C)OC)c1cccc(N)c1. The Morgan fingerprint density at radius 3 is 2.56 bits per heavy atom.